The second-order valence-electron chi connectivity index (χ2n) is 6.55. The molecule has 0 unspecified atom stereocenters. The van der Waals surface area contributed by atoms with Crippen LogP contribution in [0.25, 0.3) is 0 Å². The van der Waals surface area contributed by atoms with E-state index in [0.29, 0.717) is 23.0 Å². The van der Waals surface area contributed by atoms with Crippen LogP contribution in [0.1, 0.15) is 30.2 Å². The number of amides is 1. The van der Waals surface area contributed by atoms with Gasteiger partial charge in [0.2, 0.25) is 0 Å². The molecule has 6 heteroatoms. The van der Waals surface area contributed by atoms with Gasteiger partial charge in [0.05, 0.1) is 13.7 Å². The Labute approximate surface area is 142 Å². The van der Waals surface area contributed by atoms with E-state index >= 15 is 0 Å². The lowest BCUT2D eigenvalue weighted by molar-refractivity contribution is 0.102. The van der Waals surface area contributed by atoms with Gasteiger partial charge in [-0.3, -0.25) is 9.69 Å². The van der Waals surface area contributed by atoms with E-state index < -0.39 is 0 Å². The maximum Gasteiger partial charge on any atom is 0.275 e. The van der Waals surface area contributed by atoms with Crippen LogP contribution in [0.4, 0.5) is 5.69 Å². The predicted molar refractivity (Wildman–Crippen MR) is 93.3 cm³/mol. The van der Waals surface area contributed by atoms with Gasteiger partial charge < -0.3 is 14.6 Å². The summed E-state index contributed by atoms with van der Waals surface area (Å²) in [6.45, 7) is 8.16. The number of hydrogen-bond acceptors (Lipinski definition) is 4. The van der Waals surface area contributed by atoms with E-state index in [9.17, 15) is 4.79 Å². The van der Waals surface area contributed by atoms with Crippen LogP contribution in [0.2, 0.25) is 0 Å². The van der Waals surface area contributed by atoms with Gasteiger partial charge >= 0.3 is 0 Å². The Morgan fingerprint density at radius 2 is 2.21 bits per heavy atom. The highest BCUT2D eigenvalue weighted by Gasteiger charge is 2.21. The zero-order chi connectivity index (χ0) is 17.1. The second kappa shape index (κ2) is 7.05. The van der Waals surface area contributed by atoms with Crippen molar-refractivity contribution in [3.8, 4) is 5.75 Å². The number of nitrogens with one attached hydrogen (secondary N) is 1. The molecule has 3 rings (SSSR count). The molecule has 0 saturated heterocycles. The summed E-state index contributed by atoms with van der Waals surface area (Å²) in [4.78, 5) is 19.4. The topological polar surface area (TPSA) is 59.4 Å². The molecule has 1 aromatic carbocycles. The van der Waals surface area contributed by atoms with Crippen LogP contribution in [0.5, 0.6) is 5.75 Å². The maximum atomic E-state index is 12.4. The second-order valence-corrected chi connectivity index (χ2v) is 6.55. The molecule has 1 aromatic heterocycles. The summed E-state index contributed by atoms with van der Waals surface area (Å²) >= 11 is 0. The van der Waals surface area contributed by atoms with Crippen molar-refractivity contribution in [2.45, 2.75) is 26.9 Å². The molecule has 24 heavy (non-hydrogen) atoms. The molecule has 0 atom stereocenters. The smallest absolute Gasteiger partial charge is 0.275 e. The van der Waals surface area contributed by atoms with Crippen molar-refractivity contribution in [1.29, 1.82) is 0 Å². The molecule has 1 aliphatic rings. The van der Waals surface area contributed by atoms with Gasteiger partial charge in [0.25, 0.3) is 5.91 Å². The highest BCUT2D eigenvalue weighted by atomic mass is 16.5. The summed E-state index contributed by atoms with van der Waals surface area (Å²) in [5.74, 6) is 2.10. The molecule has 0 radical (unpaired) electrons. The summed E-state index contributed by atoms with van der Waals surface area (Å²) in [6.07, 6.45) is 1.84. The first-order valence-corrected chi connectivity index (χ1v) is 8.29. The number of anilines is 1. The average Bonchev–Trinajstić information content (AvgIpc) is 2.98. The average molecular weight is 328 g/mol. The van der Waals surface area contributed by atoms with Crippen molar-refractivity contribution in [2.75, 3.05) is 25.5 Å². The number of rotatable bonds is 5. The SMILES string of the molecule is COc1cccc(NC(=O)c2cn3c(n2)CN(CC(C)C)CC3)c1. The number of aromatic nitrogens is 2. The monoisotopic (exact) mass is 328 g/mol. The van der Waals surface area contributed by atoms with Crippen LogP contribution in [-0.4, -0.2) is 40.6 Å². The van der Waals surface area contributed by atoms with E-state index in [2.05, 4.69) is 33.6 Å². The van der Waals surface area contributed by atoms with Crippen molar-refractivity contribution in [3.63, 3.8) is 0 Å². The Morgan fingerprint density at radius 3 is 2.96 bits per heavy atom. The summed E-state index contributed by atoms with van der Waals surface area (Å²) in [5.41, 5.74) is 1.16. The number of hydrogen-bond donors (Lipinski definition) is 1. The van der Waals surface area contributed by atoms with Crippen molar-refractivity contribution < 1.29 is 9.53 Å². The zero-order valence-corrected chi connectivity index (χ0v) is 14.5. The number of methoxy groups -OCH3 is 1. The van der Waals surface area contributed by atoms with E-state index in [4.69, 9.17) is 4.74 Å². The number of carbonyl (C=O) groups is 1. The Kier molecular flexibility index (Phi) is 4.85. The fourth-order valence-electron chi connectivity index (χ4n) is 2.98. The largest absolute Gasteiger partial charge is 0.497 e. The third-order valence-electron chi connectivity index (χ3n) is 4.06. The van der Waals surface area contributed by atoms with Gasteiger partial charge in [0, 0.05) is 37.6 Å². The zero-order valence-electron chi connectivity index (χ0n) is 14.5. The van der Waals surface area contributed by atoms with Gasteiger partial charge in [-0.15, -0.1) is 0 Å². The lowest BCUT2D eigenvalue weighted by atomic mass is 10.2. The number of carbonyl (C=O) groups excluding carboxylic acids is 1. The highest BCUT2D eigenvalue weighted by molar-refractivity contribution is 6.02. The number of fused-ring (bicyclic) bond motifs is 1. The molecule has 0 spiro atoms. The minimum atomic E-state index is -0.194. The molecule has 0 aliphatic carbocycles. The maximum absolute atomic E-state index is 12.4. The first-order chi connectivity index (χ1) is 11.5. The quantitative estimate of drug-likeness (QED) is 0.916. The van der Waals surface area contributed by atoms with Gasteiger partial charge in [0.15, 0.2) is 0 Å². The molecule has 128 valence electrons. The predicted octanol–water partition coefficient (Wildman–Crippen LogP) is 2.62. The summed E-state index contributed by atoms with van der Waals surface area (Å²) in [5, 5.41) is 2.88. The first kappa shape index (κ1) is 16.5. The van der Waals surface area contributed by atoms with Crippen LogP contribution in [0.15, 0.2) is 30.5 Å². The third-order valence-corrected chi connectivity index (χ3v) is 4.06. The van der Waals surface area contributed by atoms with E-state index in [0.717, 1.165) is 32.0 Å². The molecule has 1 amide bonds. The molecule has 2 aromatic rings. The Bertz CT molecular complexity index is 724. The fraction of sp³-hybridized carbons (Fsp3) is 0.444. The van der Waals surface area contributed by atoms with E-state index in [1.54, 1.807) is 13.2 Å². The van der Waals surface area contributed by atoms with Crippen LogP contribution in [0.3, 0.4) is 0 Å². The number of nitrogens with zero attached hydrogens (tertiary/aromatic N) is 3. The number of imidazole rings is 1. The van der Waals surface area contributed by atoms with Crippen molar-refractivity contribution in [2.24, 2.45) is 5.92 Å². The van der Waals surface area contributed by atoms with Crippen molar-refractivity contribution in [1.82, 2.24) is 14.5 Å². The highest BCUT2D eigenvalue weighted by Crippen LogP contribution is 2.18. The third kappa shape index (κ3) is 3.76. The van der Waals surface area contributed by atoms with Crippen molar-refractivity contribution >= 4 is 11.6 Å². The normalized spacial score (nSPS) is 14.5. The number of ether oxygens (including phenoxy) is 1. The van der Waals surface area contributed by atoms with Crippen LogP contribution < -0.4 is 10.1 Å². The molecular formula is C18H24N4O2. The molecule has 2 heterocycles. The van der Waals surface area contributed by atoms with Gasteiger partial charge in [0.1, 0.15) is 17.3 Å². The van der Waals surface area contributed by atoms with Crippen LogP contribution >= 0.6 is 0 Å². The van der Waals surface area contributed by atoms with Crippen molar-refractivity contribution in [3.05, 3.63) is 42.0 Å². The molecule has 0 bridgehead atoms. The van der Waals surface area contributed by atoms with Crippen LogP contribution in [0, 0.1) is 5.92 Å². The van der Waals surface area contributed by atoms with E-state index in [1.165, 1.54) is 0 Å². The van der Waals surface area contributed by atoms with Gasteiger partial charge in [-0.2, -0.15) is 0 Å². The molecule has 1 N–H and O–H groups in total. The lowest BCUT2D eigenvalue weighted by Gasteiger charge is -2.28. The Hall–Kier alpha value is -2.34. The first-order valence-electron chi connectivity index (χ1n) is 8.29. The molecule has 0 fully saturated rings. The fourth-order valence-corrected chi connectivity index (χ4v) is 2.98. The van der Waals surface area contributed by atoms with Gasteiger partial charge in [-0.1, -0.05) is 19.9 Å². The summed E-state index contributed by atoms with van der Waals surface area (Å²) in [6, 6.07) is 7.31. The molecule has 0 saturated carbocycles. The molecular weight excluding hydrogens is 304 g/mol. The van der Waals surface area contributed by atoms with Gasteiger partial charge in [-0.05, 0) is 18.1 Å². The van der Waals surface area contributed by atoms with E-state index in [-0.39, 0.29) is 5.91 Å². The van der Waals surface area contributed by atoms with E-state index in [1.807, 2.05) is 24.4 Å². The number of benzene rings is 1. The Morgan fingerprint density at radius 1 is 1.38 bits per heavy atom. The summed E-state index contributed by atoms with van der Waals surface area (Å²) in [7, 11) is 1.60. The minimum Gasteiger partial charge on any atom is -0.497 e. The van der Waals surface area contributed by atoms with Crippen LogP contribution in [-0.2, 0) is 13.1 Å². The van der Waals surface area contributed by atoms with Gasteiger partial charge in [-0.25, -0.2) is 4.98 Å². The summed E-state index contributed by atoms with van der Waals surface area (Å²) < 4.78 is 7.26. The minimum absolute atomic E-state index is 0.194. The molecule has 6 nitrogen and oxygen atoms in total. The lowest BCUT2D eigenvalue weighted by Crippen LogP contribution is -2.35. The standard InChI is InChI=1S/C18H24N4O2/c1-13(2)10-21-7-8-22-11-16(20-17(22)12-21)18(23)19-14-5-4-6-15(9-14)24-3/h4-6,9,11,13H,7-8,10,12H2,1-3H3,(H,19,23). The molecule has 1 aliphatic heterocycles. The Balaban J connectivity index is 1.70.